The van der Waals surface area contributed by atoms with E-state index >= 15 is 0 Å². The highest BCUT2D eigenvalue weighted by molar-refractivity contribution is 5.83. The lowest BCUT2D eigenvalue weighted by atomic mass is 10.0. The van der Waals surface area contributed by atoms with Gasteiger partial charge in [0.15, 0.2) is 5.82 Å². The molecule has 6 heteroatoms. The summed E-state index contributed by atoms with van der Waals surface area (Å²) in [6.07, 6.45) is 3.18. The Morgan fingerprint density at radius 2 is 1.62 bits per heavy atom. The Morgan fingerprint density at radius 1 is 0.969 bits per heavy atom. The van der Waals surface area contributed by atoms with Gasteiger partial charge in [0.05, 0.1) is 11.9 Å². The van der Waals surface area contributed by atoms with Crippen molar-refractivity contribution in [3.63, 3.8) is 0 Å². The summed E-state index contributed by atoms with van der Waals surface area (Å²) in [6.45, 7) is 1.83. The Balaban J connectivity index is 1.27. The highest BCUT2D eigenvalue weighted by Gasteiger charge is 2.23. The molecule has 1 aromatic heterocycles. The van der Waals surface area contributed by atoms with Crippen molar-refractivity contribution in [2.24, 2.45) is 0 Å². The molecule has 1 aliphatic carbocycles. The van der Waals surface area contributed by atoms with E-state index in [0.29, 0.717) is 5.82 Å². The first-order valence-electron chi connectivity index (χ1n) is 10.8. The second kappa shape index (κ2) is 8.67. The van der Waals surface area contributed by atoms with Gasteiger partial charge >= 0.3 is 6.09 Å². The first kappa shape index (κ1) is 20.0. The van der Waals surface area contributed by atoms with E-state index < -0.39 is 6.09 Å². The minimum absolute atomic E-state index is 0.369. The summed E-state index contributed by atoms with van der Waals surface area (Å²) in [5, 5.41) is 10.8. The second-order valence-electron chi connectivity index (χ2n) is 8.06. The number of carbonyl (C=O) groups excluding carboxylic acids is 1. The lowest BCUT2D eigenvalue weighted by molar-refractivity contribution is 0.121. The van der Waals surface area contributed by atoms with E-state index in [1.807, 2.05) is 61.5 Å². The van der Waals surface area contributed by atoms with Crippen molar-refractivity contribution >= 4 is 11.9 Å². The smallest absolute Gasteiger partial charge is 0.413 e. The highest BCUT2D eigenvalue weighted by Crippen LogP contribution is 2.40. The molecule has 5 rings (SSSR count). The molecular formula is C26H24N4O2. The molecule has 0 spiro atoms. The summed E-state index contributed by atoms with van der Waals surface area (Å²) in [4.78, 5) is 12.4. The van der Waals surface area contributed by atoms with E-state index in [-0.39, 0.29) is 6.10 Å². The van der Waals surface area contributed by atoms with Crippen LogP contribution in [-0.4, -0.2) is 21.1 Å². The molecule has 1 N–H and O–H groups in total. The van der Waals surface area contributed by atoms with Crippen LogP contribution in [0.1, 0.15) is 42.9 Å². The number of anilines is 1. The summed E-state index contributed by atoms with van der Waals surface area (Å²) >= 11 is 0. The van der Waals surface area contributed by atoms with E-state index in [9.17, 15) is 4.79 Å². The maximum atomic E-state index is 12.4. The number of nitrogens with one attached hydrogen (secondary N) is 1. The van der Waals surface area contributed by atoms with Crippen LogP contribution in [0.4, 0.5) is 10.6 Å². The third kappa shape index (κ3) is 4.39. The molecule has 1 aliphatic rings. The lowest BCUT2D eigenvalue weighted by Crippen LogP contribution is -2.18. The molecule has 1 fully saturated rings. The molecule has 4 aromatic rings. The van der Waals surface area contributed by atoms with E-state index in [4.69, 9.17) is 4.74 Å². The molecule has 0 unspecified atom stereocenters. The Morgan fingerprint density at radius 3 is 2.28 bits per heavy atom. The van der Waals surface area contributed by atoms with E-state index in [1.54, 1.807) is 4.68 Å². The number of rotatable bonds is 6. The van der Waals surface area contributed by atoms with Crippen LogP contribution in [0.2, 0.25) is 0 Å². The fraction of sp³-hybridized carbons (Fsp3) is 0.192. The molecule has 3 aromatic carbocycles. The van der Waals surface area contributed by atoms with Crippen LogP contribution < -0.4 is 5.32 Å². The Hall–Kier alpha value is -3.93. The normalized spacial score (nSPS) is 14.0. The van der Waals surface area contributed by atoms with Crippen LogP contribution in [0.3, 0.4) is 0 Å². The summed E-state index contributed by atoms with van der Waals surface area (Å²) in [7, 11) is 0. The molecular weight excluding hydrogens is 400 g/mol. The quantitative estimate of drug-likeness (QED) is 0.405. The molecule has 0 saturated heterocycles. The molecule has 0 bridgehead atoms. The molecule has 1 heterocycles. The van der Waals surface area contributed by atoms with Crippen molar-refractivity contribution in [1.29, 1.82) is 0 Å². The lowest BCUT2D eigenvalue weighted by Gasteiger charge is -2.14. The van der Waals surface area contributed by atoms with Crippen LogP contribution in [0.15, 0.2) is 85.1 Å². The fourth-order valence-electron chi connectivity index (χ4n) is 3.76. The molecule has 1 atom stereocenters. The minimum atomic E-state index is -0.558. The third-order valence-electron chi connectivity index (χ3n) is 5.74. The standard InChI is InChI=1S/C26H24N4O2/c1-18(19-5-3-2-4-6-19)32-26(31)28-25-17-27-29-30(25)24-15-13-23(14-16-24)22-11-9-21(10-12-22)20-7-8-20/h2-6,9-18,20H,7-8H2,1H3,(H,28,31)/t18-/m1/s1. The van der Waals surface area contributed by atoms with E-state index in [0.717, 1.165) is 22.7 Å². The Labute approximate surface area is 186 Å². The minimum Gasteiger partial charge on any atom is -0.441 e. The summed E-state index contributed by atoms with van der Waals surface area (Å²) < 4.78 is 7.07. The number of aromatic nitrogens is 3. The molecule has 32 heavy (non-hydrogen) atoms. The monoisotopic (exact) mass is 424 g/mol. The fourth-order valence-corrected chi connectivity index (χ4v) is 3.76. The Bertz CT molecular complexity index is 1200. The van der Waals surface area contributed by atoms with Crippen LogP contribution in [0.5, 0.6) is 0 Å². The van der Waals surface area contributed by atoms with Crippen molar-refractivity contribution in [3.05, 3.63) is 96.2 Å². The van der Waals surface area contributed by atoms with Crippen molar-refractivity contribution in [3.8, 4) is 16.8 Å². The average molecular weight is 425 g/mol. The molecule has 160 valence electrons. The molecule has 6 nitrogen and oxygen atoms in total. The largest absolute Gasteiger partial charge is 0.441 e. The van der Waals surface area contributed by atoms with Crippen molar-refractivity contribution < 1.29 is 9.53 Å². The first-order valence-corrected chi connectivity index (χ1v) is 10.8. The topological polar surface area (TPSA) is 69.0 Å². The molecule has 1 saturated carbocycles. The van der Waals surface area contributed by atoms with Gasteiger partial charge in [-0.15, -0.1) is 5.10 Å². The van der Waals surface area contributed by atoms with Gasteiger partial charge in [-0.1, -0.05) is 71.9 Å². The number of benzene rings is 3. The van der Waals surface area contributed by atoms with Crippen molar-refractivity contribution in [2.45, 2.75) is 31.8 Å². The summed E-state index contributed by atoms with van der Waals surface area (Å²) in [6, 6.07) is 26.4. The predicted molar refractivity (Wildman–Crippen MR) is 124 cm³/mol. The van der Waals surface area contributed by atoms with Gasteiger partial charge in [-0.05, 0) is 60.1 Å². The molecule has 0 aliphatic heterocycles. The molecule has 0 radical (unpaired) electrons. The zero-order valence-corrected chi connectivity index (χ0v) is 17.8. The van der Waals surface area contributed by atoms with Gasteiger partial charge < -0.3 is 4.74 Å². The van der Waals surface area contributed by atoms with Crippen molar-refractivity contribution in [1.82, 2.24) is 15.0 Å². The van der Waals surface area contributed by atoms with Gasteiger partial charge in [0.1, 0.15) is 6.10 Å². The SMILES string of the molecule is C[C@@H](OC(=O)Nc1cnnn1-c1ccc(-c2ccc(C3CC3)cc2)cc1)c1ccccc1. The number of amides is 1. The van der Waals surface area contributed by atoms with Gasteiger partial charge in [-0.25, -0.2) is 4.79 Å². The maximum Gasteiger partial charge on any atom is 0.413 e. The number of ether oxygens (including phenoxy) is 1. The number of hydrogen-bond donors (Lipinski definition) is 1. The van der Waals surface area contributed by atoms with Gasteiger partial charge in [-0.3, -0.25) is 5.32 Å². The van der Waals surface area contributed by atoms with E-state index in [2.05, 4.69) is 39.9 Å². The van der Waals surface area contributed by atoms with Crippen LogP contribution in [0.25, 0.3) is 16.8 Å². The van der Waals surface area contributed by atoms with Gasteiger partial charge in [-0.2, -0.15) is 4.68 Å². The Kier molecular flexibility index (Phi) is 5.42. The van der Waals surface area contributed by atoms with Gasteiger partial charge in [0.25, 0.3) is 0 Å². The number of nitrogens with zero attached hydrogens (tertiary/aromatic N) is 3. The first-order chi connectivity index (χ1) is 15.7. The van der Waals surface area contributed by atoms with Crippen molar-refractivity contribution in [2.75, 3.05) is 5.32 Å². The third-order valence-corrected chi connectivity index (χ3v) is 5.74. The highest BCUT2D eigenvalue weighted by atomic mass is 16.6. The van der Waals surface area contributed by atoms with Gasteiger partial charge in [0, 0.05) is 0 Å². The predicted octanol–water partition coefficient (Wildman–Crippen LogP) is 6.12. The maximum absolute atomic E-state index is 12.4. The number of carbonyl (C=O) groups is 1. The zero-order chi connectivity index (χ0) is 21.9. The van der Waals surface area contributed by atoms with Crippen LogP contribution in [-0.2, 0) is 4.74 Å². The average Bonchev–Trinajstić information content (AvgIpc) is 3.59. The van der Waals surface area contributed by atoms with E-state index in [1.165, 1.54) is 30.2 Å². The second-order valence-corrected chi connectivity index (χ2v) is 8.06. The van der Waals surface area contributed by atoms with Gasteiger partial charge in [0.2, 0.25) is 0 Å². The summed E-state index contributed by atoms with van der Waals surface area (Å²) in [5.74, 6) is 1.20. The zero-order valence-electron chi connectivity index (χ0n) is 17.8. The number of hydrogen-bond acceptors (Lipinski definition) is 4. The van der Waals surface area contributed by atoms with Crippen LogP contribution >= 0.6 is 0 Å². The van der Waals surface area contributed by atoms with Crippen LogP contribution in [0, 0.1) is 0 Å². The molecule has 1 amide bonds. The summed E-state index contributed by atoms with van der Waals surface area (Å²) in [5.41, 5.74) is 5.46.